The molecule has 1 aromatic carbocycles. The number of nitrogens with one attached hydrogen (secondary N) is 1. The summed E-state index contributed by atoms with van der Waals surface area (Å²) in [6.07, 6.45) is 1.26. The molecule has 0 aromatic heterocycles. The van der Waals surface area contributed by atoms with E-state index in [1.54, 1.807) is 0 Å². The number of hydrogen-bond donors (Lipinski definition) is 2. The monoisotopic (exact) mass is 216 g/mol. The van der Waals surface area contributed by atoms with Crippen molar-refractivity contribution in [1.29, 1.82) is 5.26 Å². The summed E-state index contributed by atoms with van der Waals surface area (Å²) in [6, 6.07) is 12.1. The Morgan fingerprint density at radius 2 is 2.19 bits per heavy atom. The molecule has 1 fully saturated rings. The number of nitriles is 1. The van der Waals surface area contributed by atoms with Gasteiger partial charge in [-0.3, -0.25) is 0 Å². The van der Waals surface area contributed by atoms with Crippen LogP contribution in [0.4, 0.5) is 0 Å². The summed E-state index contributed by atoms with van der Waals surface area (Å²) >= 11 is 0. The first kappa shape index (κ1) is 11.1. The van der Waals surface area contributed by atoms with Gasteiger partial charge in [-0.1, -0.05) is 30.3 Å². The highest BCUT2D eigenvalue weighted by atomic mass is 16.3. The molecule has 2 N–H and O–H groups in total. The van der Waals surface area contributed by atoms with Crippen molar-refractivity contribution in [1.82, 2.24) is 5.32 Å². The smallest absolute Gasteiger partial charge is 0.156 e. The van der Waals surface area contributed by atoms with Gasteiger partial charge in [0.05, 0.1) is 6.07 Å². The van der Waals surface area contributed by atoms with Crippen LogP contribution in [-0.4, -0.2) is 23.8 Å². The third kappa shape index (κ3) is 2.24. The first-order valence-corrected chi connectivity index (χ1v) is 5.63. The van der Waals surface area contributed by atoms with Gasteiger partial charge < -0.3 is 10.4 Å². The molecule has 0 spiro atoms. The minimum absolute atomic E-state index is 0.0198. The predicted octanol–water partition coefficient (Wildman–Crippen LogP) is 1.09. The van der Waals surface area contributed by atoms with Crippen molar-refractivity contribution in [2.24, 2.45) is 5.92 Å². The molecule has 0 bridgehead atoms. The highest BCUT2D eigenvalue weighted by molar-refractivity contribution is 5.18. The first-order chi connectivity index (χ1) is 7.74. The van der Waals surface area contributed by atoms with E-state index in [2.05, 4.69) is 11.4 Å². The minimum atomic E-state index is -1.17. The summed E-state index contributed by atoms with van der Waals surface area (Å²) in [5, 5.41) is 22.5. The fraction of sp³-hybridized carbons (Fsp3) is 0.462. The van der Waals surface area contributed by atoms with E-state index in [0.717, 1.165) is 13.0 Å². The lowest BCUT2D eigenvalue weighted by atomic mass is 9.79. The van der Waals surface area contributed by atoms with E-state index in [0.29, 0.717) is 13.0 Å². The lowest BCUT2D eigenvalue weighted by Gasteiger charge is -2.35. The van der Waals surface area contributed by atoms with Crippen LogP contribution in [0.2, 0.25) is 0 Å². The van der Waals surface area contributed by atoms with Crippen LogP contribution in [0.25, 0.3) is 0 Å². The second kappa shape index (κ2) is 4.65. The van der Waals surface area contributed by atoms with Gasteiger partial charge in [0.25, 0.3) is 0 Å². The standard InChI is InChI=1S/C13H16N2O/c14-10-13(16)6-7-15-9-12(13)8-11-4-2-1-3-5-11/h1-5,12,15-16H,6-9H2. The quantitative estimate of drug-likeness (QED) is 0.728. The Hall–Kier alpha value is -1.37. The summed E-state index contributed by atoms with van der Waals surface area (Å²) < 4.78 is 0. The van der Waals surface area contributed by atoms with Gasteiger partial charge in [-0.15, -0.1) is 0 Å². The summed E-state index contributed by atoms with van der Waals surface area (Å²) in [4.78, 5) is 0. The number of aliphatic hydroxyl groups is 1. The van der Waals surface area contributed by atoms with Crippen LogP contribution < -0.4 is 5.32 Å². The van der Waals surface area contributed by atoms with Crippen LogP contribution in [0.5, 0.6) is 0 Å². The van der Waals surface area contributed by atoms with Crippen LogP contribution in [-0.2, 0) is 6.42 Å². The Morgan fingerprint density at radius 1 is 1.44 bits per heavy atom. The molecule has 2 unspecified atom stereocenters. The van der Waals surface area contributed by atoms with Gasteiger partial charge in [-0.05, 0) is 18.5 Å². The molecule has 1 aliphatic heterocycles. The second-order valence-electron chi connectivity index (χ2n) is 4.38. The molecule has 2 atom stereocenters. The lowest BCUT2D eigenvalue weighted by molar-refractivity contribution is 0.0110. The molecule has 0 saturated carbocycles. The van der Waals surface area contributed by atoms with Crippen molar-refractivity contribution >= 4 is 0 Å². The lowest BCUT2D eigenvalue weighted by Crippen LogP contribution is -2.50. The summed E-state index contributed by atoms with van der Waals surface area (Å²) in [7, 11) is 0. The fourth-order valence-corrected chi connectivity index (χ4v) is 2.22. The van der Waals surface area contributed by atoms with Gasteiger partial charge in [-0.2, -0.15) is 5.26 Å². The van der Waals surface area contributed by atoms with Crippen molar-refractivity contribution in [3.05, 3.63) is 35.9 Å². The van der Waals surface area contributed by atoms with Gasteiger partial charge in [0.15, 0.2) is 5.60 Å². The zero-order valence-corrected chi connectivity index (χ0v) is 9.19. The molecule has 0 radical (unpaired) electrons. The first-order valence-electron chi connectivity index (χ1n) is 5.63. The highest BCUT2D eigenvalue weighted by Crippen LogP contribution is 2.26. The molecule has 1 saturated heterocycles. The number of rotatable bonds is 2. The van der Waals surface area contributed by atoms with Crippen LogP contribution in [0.3, 0.4) is 0 Å². The van der Waals surface area contributed by atoms with E-state index < -0.39 is 5.60 Å². The maximum atomic E-state index is 10.2. The molecular formula is C13H16N2O. The van der Waals surface area contributed by atoms with Crippen molar-refractivity contribution in [3.63, 3.8) is 0 Å². The average Bonchev–Trinajstić information content (AvgIpc) is 2.34. The van der Waals surface area contributed by atoms with Crippen molar-refractivity contribution in [2.75, 3.05) is 13.1 Å². The normalized spacial score (nSPS) is 29.6. The summed E-state index contributed by atoms with van der Waals surface area (Å²) in [6.45, 7) is 1.42. The van der Waals surface area contributed by atoms with Gasteiger partial charge in [0.1, 0.15) is 0 Å². The number of piperidine rings is 1. The zero-order chi connectivity index (χ0) is 11.4. The number of benzene rings is 1. The minimum Gasteiger partial charge on any atom is -0.375 e. The molecule has 2 rings (SSSR count). The third-order valence-electron chi connectivity index (χ3n) is 3.27. The van der Waals surface area contributed by atoms with E-state index in [-0.39, 0.29) is 5.92 Å². The molecule has 1 aliphatic rings. The Bertz CT molecular complexity index is 385. The number of nitrogens with zero attached hydrogens (tertiary/aromatic N) is 1. The van der Waals surface area contributed by atoms with Crippen LogP contribution in [0.15, 0.2) is 30.3 Å². The maximum absolute atomic E-state index is 10.2. The van der Waals surface area contributed by atoms with Gasteiger partial charge in [0.2, 0.25) is 0 Å². The molecule has 84 valence electrons. The van der Waals surface area contributed by atoms with Crippen molar-refractivity contribution in [2.45, 2.75) is 18.4 Å². The second-order valence-corrected chi connectivity index (χ2v) is 4.38. The van der Waals surface area contributed by atoms with E-state index in [4.69, 9.17) is 5.26 Å². The zero-order valence-electron chi connectivity index (χ0n) is 9.19. The maximum Gasteiger partial charge on any atom is 0.156 e. The SMILES string of the molecule is N#CC1(O)CCNCC1Cc1ccccc1. The molecule has 1 heterocycles. The molecule has 0 aliphatic carbocycles. The molecule has 16 heavy (non-hydrogen) atoms. The van der Waals surface area contributed by atoms with Crippen LogP contribution in [0, 0.1) is 17.2 Å². The van der Waals surface area contributed by atoms with Crippen LogP contribution >= 0.6 is 0 Å². The third-order valence-corrected chi connectivity index (χ3v) is 3.27. The highest BCUT2D eigenvalue weighted by Gasteiger charge is 2.38. The Morgan fingerprint density at radius 3 is 2.88 bits per heavy atom. The van der Waals surface area contributed by atoms with Gasteiger partial charge >= 0.3 is 0 Å². The molecule has 3 heteroatoms. The van der Waals surface area contributed by atoms with E-state index in [9.17, 15) is 5.11 Å². The Balaban J connectivity index is 2.11. The Kier molecular flexibility index (Phi) is 3.23. The predicted molar refractivity (Wildman–Crippen MR) is 61.7 cm³/mol. The van der Waals surface area contributed by atoms with Gasteiger partial charge in [-0.25, -0.2) is 0 Å². The fourth-order valence-electron chi connectivity index (χ4n) is 2.22. The van der Waals surface area contributed by atoms with E-state index in [1.807, 2.05) is 30.3 Å². The van der Waals surface area contributed by atoms with E-state index >= 15 is 0 Å². The van der Waals surface area contributed by atoms with Crippen molar-refractivity contribution in [3.8, 4) is 6.07 Å². The number of hydrogen-bond acceptors (Lipinski definition) is 3. The molecule has 0 amide bonds. The summed E-state index contributed by atoms with van der Waals surface area (Å²) in [5.74, 6) is -0.0198. The van der Waals surface area contributed by atoms with E-state index in [1.165, 1.54) is 5.56 Å². The largest absolute Gasteiger partial charge is 0.375 e. The molecular weight excluding hydrogens is 200 g/mol. The summed E-state index contributed by atoms with van der Waals surface area (Å²) in [5.41, 5.74) is 0.00560. The average molecular weight is 216 g/mol. The molecule has 3 nitrogen and oxygen atoms in total. The topological polar surface area (TPSA) is 56.0 Å². The molecule has 1 aromatic rings. The Labute approximate surface area is 95.7 Å². The van der Waals surface area contributed by atoms with Crippen molar-refractivity contribution < 1.29 is 5.11 Å². The van der Waals surface area contributed by atoms with Gasteiger partial charge in [0, 0.05) is 18.9 Å². The van der Waals surface area contributed by atoms with Crippen LogP contribution in [0.1, 0.15) is 12.0 Å².